The first-order chi connectivity index (χ1) is 14.6. The van der Waals surface area contributed by atoms with Crippen molar-refractivity contribution in [3.63, 3.8) is 0 Å². The van der Waals surface area contributed by atoms with E-state index in [1.54, 1.807) is 0 Å². The summed E-state index contributed by atoms with van der Waals surface area (Å²) in [5, 5.41) is 3.25. The van der Waals surface area contributed by atoms with Crippen LogP contribution in [0.2, 0.25) is 0 Å². The first kappa shape index (κ1) is 21.8. The molecule has 4 saturated carbocycles. The summed E-state index contributed by atoms with van der Waals surface area (Å²) < 4.78 is 15.6. The number of pyridine rings is 1. The third-order valence-electron chi connectivity index (χ3n) is 8.40. The molecule has 4 atom stereocenters. The number of hydrogen-bond donors (Lipinski definition) is 1. The Morgan fingerprint density at radius 1 is 1.23 bits per heavy atom. The number of amides is 1. The van der Waals surface area contributed by atoms with E-state index < -0.39 is 5.67 Å². The Morgan fingerprint density at radius 3 is 2.65 bits per heavy atom. The molecule has 1 saturated heterocycles. The highest BCUT2D eigenvalue weighted by molar-refractivity contribution is 9.10. The molecule has 170 valence electrons. The number of alkyl halides is 2. The summed E-state index contributed by atoms with van der Waals surface area (Å²) in [4.78, 5) is 20.1. The lowest BCUT2D eigenvalue weighted by atomic mass is 9.44. The quantitative estimate of drug-likeness (QED) is 0.593. The normalized spacial score (nSPS) is 38.5. The van der Waals surface area contributed by atoms with Crippen molar-refractivity contribution in [1.82, 2.24) is 15.2 Å². The van der Waals surface area contributed by atoms with Crippen LogP contribution < -0.4 is 5.32 Å². The highest BCUT2D eigenvalue weighted by Gasteiger charge is 2.64. The van der Waals surface area contributed by atoms with E-state index in [0.717, 1.165) is 30.5 Å². The van der Waals surface area contributed by atoms with Crippen molar-refractivity contribution >= 4 is 21.8 Å². The maximum absolute atomic E-state index is 15.4. The van der Waals surface area contributed by atoms with Crippen molar-refractivity contribution in [3.05, 3.63) is 29.6 Å². The monoisotopic (exact) mass is 491 g/mol. The lowest BCUT2D eigenvalue weighted by molar-refractivity contribution is -0.165. The summed E-state index contributed by atoms with van der Waals surface area (Å²) >= 11 is 4.05. The Morgan fingerprint density at radius 2 is 2.00 bits per heavy atom. The van der Waals surface area contributed by atoms with E-state index >= 15 is 4.39 Å². The van der Waals surface area contributed by atoms with E-state index in [2.05, 4.69) is 33.2 Å². The summed E-state index contributed by atoms with van der Waals surface area (Å²) in [6, 6.07) is 4.01. The van der Waals surface area contributed by atoms with Crippen LogP contribution in [0.4, 0.5) is 4.39 Å². The number of nitrogens with one attached hydrogen (secondary N) is 1. The number of aromatic nitrogens is 1. The molecule has 31 heavy (non-hydrogen) atoms. The summed E-state index contributed by atoms with van der Waals surface area (Å²) in [5.41, 5.74) is 0.878. The van der Waals surface area contributed by atoms with Crippen molar-refractivity contribution in [2.75, 3.05) is 19.6 Å². The number of carbonyl (C=O) groups is 1. The van der Waals surface area contributed by atoms with Crippen molar-refractivity contribution in [2.45, 2.75) is 81.8 Å². The Labute approximate surface area is 193 Å². The van der Waals surface area contributed by atoms with Crippen LogP contribution in [0.15, 0.2) is 18.3 Å². The fraction of sp³-hybridized carbons (Fsp3) is 0.760. The highest BCUT2D eigenvalue weighted by atomic mass is 79.9. The molecule has 6 rings (SSSR count). The number of hydrogen-bond acceptors (Lipinski definition) is 3. The molecule has 0 radical (unpaired) electrons. The topological polar surface area (TPSA) is 45.2 Å². The van der Waals surface area contributed by atoms with Crippen molar-refractivity contribution in [2.24, 2.45) is 16.7 Å². The van der Waals surface area contributed by atoms with Gasteiger partial charge in [-0.3, -0.25) is 9.78 Å². The van der Waals surface area contributed by atoms with E-state index in [0.29, 0.717) is 50.8 Å². The van der Waals surface area contributed by atoms with Crippen LogP contribution in [-0.4, -0.2) is 45.4 Å². The van der Waals surface area contributed by atoms with Crippen molar-refractivity contribution in [1.29, 1.82) is 0 Å². The molecule has 1 aromatic heterocycles. The van der Waals surface area contributed by atoms with Crippen LogP contribution >= 0.6 is 15.9 Å². The molecule has 5 aliphatic rings. The molecule has 0 aromatic carbocycles. The molecule has 0 unspecified atom stereocenters. The second kappa shape index (κ2) is 7.51. The second-order valence-electron chi connectivity index (χ2n) is 11.6. The first-order valence-corrected chi connectivity index (χ1v) is 12.7. The van der Waals surface area contributed by atoms with Gasteiger partial charge in [-0.15, -0.1) is 0 Å². The van der Waals surface area contributed by atoms with Gasteiger partial charge in [0, 0.05) is 49.5 Å². The van der Waals surface area contributed by atoms with Crippen LogP contribution in [0.3, 0.4) is 0 Å². The second-order valence-corrected chi connectivity index (χ2v) is 13.3. The predicted molar refractivity (Wildman–Crippen MR) is 124 cm³/mol. The minimum Gasteiger partial charge on any atom is -0.342 e. The molecule has 1 amide bonds. The Hall–Kier alpha value is -1.01. The standard InChI is InChI=1S/C25H35BrFN3O/c1-18-3-4-20(29-12-18)13-28-17-25(27)5-7-30(8-6-25)21(31)23-10-19-9-22(2,14-23)15-24(26,11-19)16-23/h3-4,12,19,28H,5-11,13-17H2,1-2H3/t19-,22+,23+,24-/m0/s1. The van der Waals surface area contributed by atoms with Crippen molar-refractivity contribution < 1.29 is 9.18 Å². The van der Waals surface area contributed by atoms with Gasteiger partial charge in [-0.2, -0.15) is 0 Å². The molecule has 4 bridgehead atoms. The average Bonchev–Trinajstić information content (AvgIpc) is 2.67. The maximum atomic E-state index is 15.4. The molecule has 4 aliphatic carbocycles. The zero-order chi connectivity index (χ0) is 21.9. The van der Waals surface area contributed by atoms with Gasteiger partial charge in [-0.1, -0.05) is 28.9 Å². The lowest BCUT2D eigenvalue weighted by Crippen LogP contribution is -2.62. The van der Waals surface area contributed by atoms with Crippen LogP contribution in [0.5, 0.6) is 0 Å². The third kappa shape index (κ3) is 4.19. The molecule has 1 aromatic rings. The Kier molecular flexibility index (Phi) is 5.29. The van der Waals surface area contributed by atoms with Gasteiger partial charge >= 0.3 is 0 Å². The average molecular weight is 492 g/mol. The number of halogens is 2. The summed E-state index contributed by atoms with van der Waals surface area (Å²) in [6.07, 6.45) is 9.38. The number of piperidine rings is 1. The minimum atomic E-state index is -1.24. The van der Waals surface area contributed by atoms with Gasteiger partial charge in [0.1, 0.15) is 5.67 Å². The fourth-order valence-corrected chi connectivity index (χ4v) is 9.34. The minimum absolute atomic E-state index is 0.143. The molecule has 0 spiro atoms. The molecular weight excluding hydrogens is 457 g/mol. The number of nitrogens with zero attached hydrogens (tertiary/aromatic N) is 2. The van der Waals surface area contributed by atoms with Gasteiger partial charge in [0.05, 0.1) is 11.1 Å². The zero-order valence-corrected chi connectivity index (χ0v) is 20.4. The number of rotatable bonds is 5. The van der Waals surface area contributed by atoms with Crippen LogP contribution in [0.1, 0.15) is 69.5 Å². The maximum Gasteiger partial charge on any atom is 0.228 e. The van der Waals surface area contributed by atoms with Gasteiger partial charge in [0.25, 0.3) is 0 Å². The summed E-state index contributed by atoms with van der Waals surface area (Å²) in [6.45, 7) is 6.37. The van der Waals surface area contributed by atoms with Gasteiger partial charge in [-0.05, 0) is 68.4 Å². The SMILES string of the molecule is Cc1ccc(CNCC2(F)CCN(C(=O)[C@@]34C[C@@H]5C[C@@](C)(C[C@@](Br)(C5)C3)C4)CC2)nc1. The van der Waals surface area contributed by atoms with E-state index in [4.69, 9.17) is 0 Å². The smallest absolute Gasteiger partial charge is 0.228 e. The van der Waals surface area contributed by atoms with Gasteiger partial charge in [0.15, 0.2) is 0 Å². The first-order valence-electron chi connectivity index (χ1n) is 11.9. The third-order valence-corrected chi connectivity index (χ3v) is 9.28. The van der Waals surface area contributed by atoms with Crippen LogP contribution in [0, 0.1) is 23.7 Å². The summed E-state index contributed by atoms with van der Waals surface area (Å²) in [7, 11) is 0. The lowest BCUT2D eigenvalue weighted by Gasteiger charge is -2.64. The number of aryl methyl sites for hydroxylation is 1. The molecule has 1 N–H and O–H groups in total. The Bertz CT molecular complexity index is 833. The van der Waals surface area contributed by atoms with Gasteiger partial charge < -0.3 is 10.2 Å². The largest absolute Gasteiger partial charge is 0.342 e. The van der Waals surface area contributed by atoms with Gasteiger partial charge in [-0.25, -0.2) is 4.39 Å². The van der Waals surface area contributed by atoms with E-state index in [-0.39, 0.29) is 15.2 Å². The highest BCUT2D eigenvalue weighted by Crippen LogP contribution is 2.69. The zero-order valence-electron chi connectivity index (χ0n) is 18.9. The van der Waals surface area contributed by atoms with Gasteiger partial charge in [0.2, 0.25) is 5.91 Å². The van der Waals surface area contributed by atoms with E-state index in [1.807, 2.05) is 30.2 Å². The number of likely N-dealkylation sites (tertiary alicyclic amines) is 1. The van der Waals surface area contributed by atoms with E-state index in [1.165, 1.54) is 19.3 Å². The molecule has 1 aliphatic heterocycles. The van der Waals surface area contributed by atoms with E-state index in [9.17, 15) is 4.79 Å². The Balaban J connectivity index is 1.18. The molecule has 4 nitrogen and oxygen atoms in total. The molecule has 6 heteroatoms. The van der Waals surface area contributed by atoms with Crippen LogP contribution in [-0.2, 0) is 11.3 Å². The fourth-order valence-electron chi connectivity index (χ4n) is 7.67. The number of carbonyl (C=O) groups excluding carboxylic acids is 1. The molecule has 5 fully saturated rings. The van der Waals surface area contributed by atoms with Crippen molar-refractivity contribution in [3.8, 4) is 0 Å². The predicted octanol–water partition coefficient (Wildman–Crippen LogP) is 4.93. The molecular formula is C25H35BrFN3O. The molecule has 2 heterocycles. The van der Waals surface area contributed by atoms with Crippen LogP contribution in [0.25, 0.3) is 0 Å². The summed E-state index contributed by atoms with van der Waals surface area (Å²) in [5.74, 6) is 0.972.